The molecule has 4 heterocycles. The van der Waals surface area contributed by atoms with Gasteiger partial charge in [0.15, 0.2) is 10.8 Å². The summed E-state index contributed by atoms with van der Waals surface area (Å²) in [6.45, 7) is 3.76. The number of nitrogens with one attached hydrogen (secondary N) is 3. The van der Waals surface area contributed by atoms with Crippen LogP contribution in [0.3, 0.4) is 0 Å². The van der Waals surface area contributed by atoms with Crippen molar-refractivity contribution >= 4 is 58.0 Å². The van der Waals surface area contributed by atoms with E-state index in [1.165, 1.54) is 18.2 Å². The molecule has 4 N–H and O–H groups in total. The van der Waals surface area contributed by atoms with Gasteiger partial charge < -0.3 is 20.6 Å². The van der Waals surface area contributed by atoms with Gasteiger partial charge in [0.2, 0.25) is 17.7 Å². The Labute approximate surface area is 351 Å². The summed E-state index contributed by atoms with van der Waals surface area (Å²) in [5, 5.41) is 25.9. The van der Waals surface area contributed by atoms with E-state index in [4.69, 9.17) is 22.6 Å². The van der Waals surface area contributed by atoms with Crippen LogP contribution in [0.15, 0.2) is 30.5 Å². The van der Waals surface area contributed by atoms with Gasteiger partial charge in [0.05, 0.1) is 30.6 Å². The molecule has 1 saturated carbocycles. The number of benzene rings is 1. The standard InChI is InChI=1S/C19H26FN5O4.C18H19F3N4OS.CHF3.3H2/c20-13-9-14(21-16-1-2-17(27)23-19(16)29)11-15(10-13)22-18(28)12-25-5-3-24(4-6-25)7-8-26;1-17(2)15(26)24(16(27)25(17)11-6-4-3-5-7-11)12-8-13(18(19,20)21)14(9-22)23-10-12;2-1(3)4;;;/h9-11,16,21,26H,1-8,12H2,(H,22,28)(H,23,27,29);8,10-11H,3-7H2,1-2H3;1H;3*1H. The van der Waals surface area contributed by atoms with E-state index in [0.29, 0.717) is 24.3 Å². The van der Waals surface area contributed by atoms with Crippen LogP contribution in [0.2, 0.25) is 0 Å². The third-order valence-corrected chi connectivity index (χ3v) is 10.6. The summed E-state index contributed by atoms with van der Waals surface area (Å²) in [6, 6.07) is 5.68. The first-order chi connectivity index (χ1) is 28.2. The number of hydrogen-bond donors (Lipinski definition) is 4. The molecule has 14 nitrogen and oxygen atoms in total. The minimum absolute atomic E-state index is 0. The molecule has 4 aliphatic rings. The Balaban J connectivity index is 0.000000557. The molecule has 0 bridgehead atoms. The molecule has 3 aliphatic heterocycles. The number of carbonyl (C=O) groups excluding carboxylic acids is 4. The van der Waals surface area contributed by atoms with Crippen LogP contribution in [0.1, 0.15) is 74.3 Å². The van der Waals surface area contributed by atoms with Crippen LogP contribution in [-0.2, 0) is 25.4 Å². The Morgan fingerprint density at radius 3 is 2.23 bits per heavy atom. The Kier molecular flexibility index (Phi) is 16.7. The summed E-state index contributed by atoms with van der Waals surface area (Å²) in [7, 11) is 0. The third-order valence-electron chi connectivity index (χ3n) is 10.2. The zero-order chi connectivity index (χ0) is 44.4. The van der Waals surface area contributed by atoms with Gasteiger partial charge >= 0.3 is 12.9 Å². The molecule has 2 aromatic rings. The van der Waals surface area contributed by atoms with Crippen molar-refractivity contribution in [1.82, 2.24) is 25.0 Å². The number of pyridine rings is 1. The van der Waals surface area contributed by atoms with Gasteiger partial charge in [0.25, 0.3) is 5.91 Å². The summed E-state index contributed by atoms with van der Waals surface area (Å²) in [4.78, 5) is 59.2. The number of anilines is 3. The summed E-state index contributed by atoms with van der Waals surface area (Å²) >= 11 is 5.51. The van der Waals surface area contributed by atoms with Crippen LogP contribution in [-0.4, -0.2) is 124 Å². The highest BCUT2D eigenvalue weighted by atomic mass is 32.1. The lowest BCUT2D eigenvalue weighted by atomic mass is 9.91. The van der Waals surface area contributed by atoms with Crippen LogP contribution in [0.4, 0.5) is 47.8 Å². The Morgan fingerprint density at radius 1 is 1.03 bits per heavy atom. The van der Waals surface area contributed by atoms with Crippen LogP contribution < -0.4 is 20.9 Å². The molecule has 1 aliphatic carbocycles. The number of aliphatic hydroxyl groups is 1. The van der Waals surface area contributed by atoms with Crippen molar-refractivity contribution in [2.45, 2.75) is 89.3 Å². The minimum atomic E-state index is -4.75. The largest absolute Gasteiger partial charge is 0.419 e. The third kappa shape index (κ3) is 12.8. The average Bonchev–Trinajstić information content (AvgIpc) is 3.35. The second-order valence-corrected chi connectivity index (χ2v) is 15.2. The normalized spacial score (nSPS) is 20.1. The maximum atomic E-state index is 14.0. The summed E-state index contributed by atoms with van der Waals surface area (Å²) in [5.41, 5.74) is -2.27. The smallest absolute Gasteiger partial charge is 0.395 e. The van der Waals surface area contributed by atoms with Gasteiger partial charge in [-0.15, -0.1) is 0 Å². The lowest BCUT2D eigenvalue weighted by Crippen LogP contribution is -2.50. The first-order valence-electron chi connectivity index (χ1n) is 19.1. The molecule has 4 fully saturated rings. The number of nitrogens with zero attached hydrogens (tertiary/aromatic N) is 6. The molecule has 60 heavy (non-hydrogen) atoms. The Bertz CT molecular complexity index is 1930. The highest BCUT2D eigenvalue weighted by Crippen LogP contribution is 2.40. The van der Waals surface area contributed by atoms with E-state index in [9.17, 15) is 49.9 Å². The maximum absolute atomic E-state index is 14.0. The molecular formula is C38H52F7N9O5S. The van der Waals surface area contributed by atoms with Crippen molar-refractivity contribution < 1.29 is 59.3 Å². The molecule has 334 valence electrons. The molecule has 1 aromatic carbocycles. The molecule has 4 amide bonds. The number of carbonyl (C=O) groups is 4. The molecule has 0 radical (unpaired) electrons. The van der Waals surface area contributed by atoms with Gasteiger partial charge in [-0.25, -0.2) is 9.37 Å². The van der Waals surface area contributed by atoms with Gasteiger partial charge in [-0.2, -0.15) is 31.6 Å². The molecule has 1 atom stereocenters. The molecule has 22 heteroatoms. The van der Waals surface area contributed by atoms with Gasteiger partial charge in [-0.1, -0.05) is 19.3 Å². The Morgan fingerprint density at radius 2 is 1.65 bits per heavy atom. The monoisotopic (exact) mass is 879 g/mol. The number of nitriles is 1. The fourth-order valence-corrected chi connectivity index (χ4v) is 7.93. The summed E-state index contributed by atoms with van der Waals surface area (Å²) in [5.74, 6) is -1.96. The van der Waals surface area contributed by atoms with E-state index in [-0.39, 0.29) is 52.5 Å². The van der Waals surface area contributed by atoms with E-state index in [0.717, 1.165) is 75.4 Å². The van der Waals surface area contributed by atoms with Crippen LogP contribution in [0, 0.1) is 17.1 Å². The summed E-state index contributed by atoms with van der Waals surface area (Å²) in [6.07, 6.45) is 1.86. The molecule has 3 saturated heterocycles. The van der Waals surface area contributed by atoms with Crippen molar-refractivity contribution in [3.63, 3.8) is 0 Å². The number of rotatable bonds is 9. The Hall–Kier alpha value is -4.98. The first-order valence-corrected chi connectivity index (χ1v) is 19.5. The fraction of sp³-hybridized carbons (Fsp3) is 0.553. The number of hydrogen-bond acceptors (Lipinski definition) is 11. The summed E-state index contributed by atoms with van der Waals surface area (Å²) < 4.78 is 82.8. The van der Waals surface area contributed by atoms with E-state index < -0.39 is 53.3 Å². The molecule has 1 aromatic heterocycles. The molecule has 0 spiro atoms. The van der Waals surface area contributed by atoms with E-state index in [1.807, 2.05) is 9.80 Å². The number of halogens is 7. The second kappa shape index (κ2) is 21.0. The number of amides is 4. The maximum Gasteiger partial charge on any atom is 0.419 e. The predicted molar refractivity (Wildman–Crippen MR) is 215 cm³/mol. The van der Waals surface area contributed by atoms with Crippen molar-refractivity contribution in [3.05, 3.63) is 47.5 Å². The topological polar surface area (TPSA) is 174 Å². The number of alkyl halides is 6. The van der Waals surface area contributed by atoms with Crippen molar-refractivity contribution in [1.29, 1.82) is 5.26 Å². The molecule has 6 rings (SSSR count). The fourth-order valence-electron chi connectivity index (χ4n) is 7.36. The van der Waals surface area contributed by atoms with Gasteiger partial charge in [0, 0.05) is 60.8 Å². The van der Waals surface area contributed by atoms with Crippen LogP contribution in [0.5, 0.6) is 0 Å². The number of imide groups is 1. The zero-order valence-corrected chi connectivity index (χ0v) is 33.7. The highest BCUT2D eigenvalue weighted by molar-refractivity contribution is 7.80. The number of aliphatic hydroxyl groups excluding tert-OH is 1. The number of thiocarbonyl (C=S) groups is 1. The van der Waals surface area contributed by atoms with Gasteiger partial charge in [0.1, 0.15) is 23.5 Å². The van der Waals surface area contributed by atoms with Crippen molar-refractivity contribution in [2.24, 2.45) is 0 Å². The van der Waals surface area contributed by atoms with E-state index in [1.54, 1.807) is 19.9 Å². The van der Waals surface area contributed by atoms with Gasteiger partial charge in [-0.3, -0.25) is 39.2 Å². The lowest BCUT2D eigenvalue weighted by Gasteiger charge is -2.39. The molecular weight excluding hydrogens is 828 g/mol. The molecule has 1 unspecified atom stereocenters. The quantitative estimate of drug-likeness (QED) is 0.141. The number of β-amino-alcohol motifs (C(OH)–C–C–N with tert-alkyl or cyclic N) is 1. The number of aromatic nitrogens is 1. The van der Waals surface area contributed by atoms with Crippen molar-refractivity contribution in [3.8, 4) is 6.07 Å². The van der Waals surface area contributed by atoms with Gasteiger partial charge in [-0.05, 0) is 69.6 Å². The SMILES string of the molecule is CC1(C)C(=O)N(c2cnc(C#N)c(C(F)(F)F)c2)C(=S)N1C1CCCCC1.FC(F)F.O=C1CCC(Nc2cc(F)cc(NC(=O)CN3CCN(CCO)CC3)c2)C(=O)N1.[HH].[HH].[HH]. The minimum Gasteiger partial charge on any atom is -0.395 e. The van der Waals surface area contributed by atoms with E-state index in [2.05, 4.69) is 25.8 Å². The van der Waals surface area contributed by atoms with Crippen LogP contribution in [0.25, 0.3) is 0 Å². The zero-order valence-electron chi connectivity index (χ0n) is 32.8. The predicted octanol–water partition coefficient (Wildman–Crippen LogP) is 5.52. The number of piperidine rings is 1. The first kappa shape index (κ1) is 47.7. The van der Waals surface area contributed by atoms with E-state index >= 15 is 0 Å². The second-order valence-electron chi connectivity index (χ2n) is 14.9. The highest BCUT2D eigenvalue weighted by Gasteiger charge is 2.52. The lowest BCUT2D eigenvalue weighted by molar-refractivity contribution is -0.138. The van der Waals surface area contributed by atoms with Crippen molar-refractivity contribution in [2.75, 3.05) is 61.4 Å². The average molecular weight is 880 g/mol. The van der Waals surface area contributed by atoms with Crippen LogP contribution >= 0.6 is 12.2 Å². The number of piperazine rings is 1.